The van der Waals surface area contributed by atoms with Crippen LogP contribution in [0.5, 0.6) is 0 Å². The number of aliphatic hydroxyl groups excluding tert-OH is 1. The van der Waals surface area contributed by atoms with Crippen molar-refractivity contribution in [3.8, 4) is 0 Å². The molecule has 0 bridgehead atoms. The summed E-state index contributed by atoms with van der Waals surface area (Å²) in [6, 6.07) is 1.81. The number of nitrogens with zero attached hydrogens (tertiary/aromatic N) is 2. The number of anilines is 1. The van der Waals surface area contributed by atoms with E-state index >= 15 is 0 Å². The van der Waals surface area contributed by atoms with E-state index in [9.17, 15) is 5.11 Å². The predicted octanol–water partition coefficient (Wildman–Crippen LogP) is 2.35. The molecule has 1 N–H and O–H groups in total. The molecule has 15 heavy (non-hydrogen) atoms. The maximum atomic E-state index is 9.20. The van der Waals surface area contributed by atoms with Crippen molar-refractivity contribution in [1.82, 2.24) is 4.98 Å². The molecule has 3 nitrogen and oxygen atoms in total. The number of halogens is 2. The van der Waals surface area contributed by atoms with Crippen molar-refractivity contribution in [2.75, 3.05) is 18.1 Å². The predicted molar refractivity (Wildman–Crippen MR) is 61.7 cm³/mol. The van der Waals surface area contributed by atoms with Crippen molar-refractivity contribution < 1.29 is 5.11 Å². The van der Waals surface area contributed by atoms with Gasteiger partial charge in [-0.05, 0) is 18.9 Å². The molecule has 1 fully saturated rings. The summed E-state index contributed by atoms with van der Waals surface area (Å²) >= 11 is 11.8. The van der Waals surface area contributed by atoms with Gasteiger partial charge in [-0.15, -0.1) is 0 Å². The van der Waals surface area contributed by atoms with Crippen LogP contribution in [0.4, 0.5) is 5.82 Å². The smallest absolute Gasteiger partial charge is 0.147 e. The Kier molecular flexibility index (Phi) is 3.34. The number of aliphatic hydroxyl groups is 1. The van der Waals surface area contributed by atoms with Crippen LogP contribution in [0.25, 0.3) is 0 Å². The molecule has 0 aromatic carbocycles. The first-order valence-electron chi connectivity index (χ1n) is 4.91. The third kappa shape index (κ3) is 2.19. The van der Waals surface area contributed by atoms with Crippen LogP contribution in [-0.4, -0.2) is 29.3 Å². The summed E-state index contributed by atoms with van der Waals surface area (Å²) < 4.78 is 0. The largest absolute Gasteiger partial charge is 0.394 e. The lowest BCUT2D eigenvalue weighted by Crippen LogP contribution is -2.32. The van der Waals surface area contributed by atoms with Gasteiger partial charge in [-0.1, -0.05) is 23.2 Å². The fourth-order valence-electron chi connectivity index (χ4n) is 1.92. The highest BCUT2D eigenvalue weighted by Crippen LogP contribution is 2.31. The van der Waals surface area contributed by atoms with E-state index < -0.39 is 0 Å². The van der Waals surface area contributed by atoms with Gasteiger partial charge in [0.2, 0.25) is 0 Å². The molecule has 0 saturated carbocycles. The molecule has 1 aliphatic heterocycles. The van der Waals surface area contributed by atoms with Crippen LogP contribution in [0.3, 0.4) is 0 Å². The molecule has 0 aliphatic carbocycles. The molecule has 1 saturated heterocycles. The Bertz CT molecular complexity index is 359. The van der Waals surface area contributed by atoms with Crippen LogP contribution in [-0.2, 0) is 0 Å². The van der Waals surface area contributed by atoms with Gasteiger partial charge in [0.1, 0.15) is 5.82 Å². The average Bonchev–Trinajstić information content (AvgIpc) is 2.65. The Balaban J connectivity index is 2.28. The maximum absolute atomic E-state index is 9.20. The van der Waals surface area contributed by atoms with Crippen molar-refractivity contribution in [2.45, 2.75) is 18.9 Å². The number of hydrogen-bond acceptors (Lipinski definition) is 3. The minimum absolute atomic E-state index is 0.135. The van der Waals surface area contributed by atoms with E-state index in [-0.39, 0.29) is 12.6 Å². The lowest BCUT2D eigenvalue weighted by atomic mass is 10.2. The van der Waals surface area contributed by atoms with Gasteiger partial charge in [0, 0.05) is 12.7 Å². The van der Waals surface area contributed by atoms with Gasteiger partial charge in [-0.3, -0.25) is 0 Å². The van der Waals surface area contributed by atoms with E-state index in [1.54, 1.807) is 12.3 Å². The topological polar surface area (TPSA) is 36.4 Å². The molecule has 5 heteroatoms. The first kappa shape index (κ1) is 11.0. The zero-order valence-electron chi connectivity index (χ0n) is 8.16. The van der Waals surface area contributed by atoms with Crippen LogP contribution >= 0.6 is 23.2 Å². The SMILES string of the molecule is OC[C@H]1CCCN1c1ncc(Cl)cc1Cl. The fraction of sp³-hybridized carbons (Fsp3) is 0.500. The molecule has 2 heterocycles. The van der Waals surface area contributed by atoms with E-state index in [1.807, 2.05) is 4.90 Å². The van der Waals surface area contributed by atoms with Crippen molar-refractivity contribution >= 4 is 29.0 Å². The lowest BCUT2D eigenvalue weighted by molar-refractivity contribution is 0.266. The second-order valence-electron chi connectivity index (χ2n) is 3.63. The minimum atomic E-state index is 0.135. The van der Waals surface area contributed by atoms with Crippen molar-refractivity contribution in [2.24, 2.45) is 0 Å². The van der Waals surface area contributed by atoms with Crippen LogP contribution in [0.2, 0.25) is 10.0 Å². The highest BCUT2D eigenvalue weighted by molar-refractivity contribution is 6.36. The van der Waals surface area contributed by atoms with Gasteiger partial charge in [0.25, 0.3) is 0 Å². The maximum Gasteiger partial charge on any atom is 0.147 e. The van der Waals surface area contributed by atoms with Gasteiger partial charge >= 0.3 is 0 Å². The summed E-state index contributed by atoms with van der Waals surface area (Å²) in [5.74, 6) is 0.720. The summed E-state index contributed by atoms with van der Waals surface area (Å²) in [5, 5.41) is 10.3. The molecular weight excluding hydrogens is 235 g/mol. The molecule has 82 valence electrons. The van der Waals surface area contributed by atoms with E-state index in [0.29, 0.717) is 10.0 Å². The third-order valence-electron chi connectivity index (χ3n) is 2.65. The van der Waals surface area contributed by atoms with E-state index in [0.717, 1.165) is 25.2 Å². The molecule has 0 radical (unpaired) electrons. The van der Waals surface area contributed by atoms with E-state index in [4.69, 9.17) is 23.2 Å². The van der Waals surface area contributed by atoms with Crippen LogP contribution in [0.1, 0.15) is 12.8 Å². The molecule has 1 atom stereocenters. The first-order chi connectivity index (χ1) is 7.22. The molecule has 0 spiro atoms. The summed E-state index contributed by atoms with van der Waals surface area (Å²) in [6.07, 6.45) is 3.62. The number of hydrogen-bond donors (Lipinski definition) is 1. The van der Waals surface area contributed by atoms with Crippen molar-refractivity contribution in [3.05, 3.63) is 22.3 Å². The summed E-state index contributed by atoms with van der Waals surface area (Å²) in [6.45, 7) is 1.03. The van der Waals surface area contributed by atoms with Crippen molar-refractivity contribution in [3.63, 3.8) is 0 Å². The Hall–Kier alpha value is -0.510. The summed E-state index contributed by atoms with van der Waals surface area (Å²) in [4.78, 5) is 6.25. The zero-order valence-corrected chi connectivity index (χ0v) is 9.67. The van der Waals surface area contributed by atoms with Gasteiger partial charge in [0.05, 0.1) is 22.7 Å². The third-order valence-corrected chi connectivity index (χ3v) is 3.13. The monoisotopic (exact) mass is 246 g/mol. The summed E-state index contributed by atoms with van der Waals surface area (Å²) in [5.41, 5.74) is 0. The molecular formula is C10H12Cl2N2O. The summed E-state index contributed by atoms with van der Waals surface area (Å²) in [7, 11) is 0. The van der Waals surface area contributed by atoms with E-state index in [1.165, 1.54) is 0 Å². The Morgan fingerprint density at radius 3 is 3.00 bits per heavy atom. The number of aromatic nitrogens is 1. The zero-order chi connectivity index (χ0) is 10.8. The fourth-order valence-corrected chi connectivity index (χ4v) is 2.41. The van der Waals surface area contributed by atoms with Crippen LogP contribution in [0.15, 0.2) is 12.3 Å². The average molecular weight is 247 g/mol. The number of rotatable bonds is 2. The number of pyridine rings is 1. The van der Waals surface area contributed by atoms with Gasteiger partial charge < -0.3 is 10.0 Å². The lowest BCUT2D eigenvalue weighted by Gasteiger charge is -2.24. The molecule has 0 amide bonds. The second kappa shape index (κ2) is 4.56. The minimum Gasteiger partial charge on any atom is -0.394 e. The van der Waals surface area contributed by atoms with Gasteiger partial charge in [-0.2, -0.15) is 0 Å². The molecule has 1 aromatic heterocycles. The van der Waals surface area contributed by atoms with E-state index in [2.05, 4.69) is 4.98 Å². The van der Waals surface area contributed by atoms with Crippen LogP contribution in [0, 0.1) is 0 Å². The molecule has 2 rings (SSSR count). The van der Waals surface area contributed by atoms with Crippen molar-refractivity contribution in [1.29, 1.82) is 0 Å². The molecule has 1 aliphatic rings. The van der Waals surface area contributed by atoms with Gasteiger partial charge in [0.15, 0.2) is 0 Å². The standard InChI is InChI=1S/C10H12Cl2N2O/c11-7-4-9(12)10(13-5-7)14-3-1-2-8(14)6-15/h4-5,8,15H,1-3,6H2/t8-/m1/s1. The quantitative estimate of drug-likeness (QED) is 0.871. The second-order valence-corrected chi connectivity index (χ2v) is 4.47. The highest BCUT2D eigenvalue weighted by atomic mass is 35.5. The Morgan fingerprint density at radius 2 is 2.33 bits per heavy atom. The Labute approximate surface area is 98.6 Å². The normalized spacial score (nSPS) is 21.0. The van der Waals surface area contributed by atoms with Gasteiger partial charge in [-0.25, -0.2) is 4.98 Å². The first-order valence-corrected chi connectivity index (χ1v) is 5.66. The molecule has 1 aromatic rings. The highest BCUT2D eigenvalue weighted by Gasteiger charge is 2.26. The van der Waals surface area contributed by atoms with Crippen LogP contribution < -0.4 is 4.90 Å². The molecule has 0 unspecified atom stereocenters. The Morgan fingerprint density at radius 1 is 1.53 bits per heavy atom.